The highest BCUT2D eigenvalue weighted by molar-refractivity contribution is 6.06. The summed E-state index contributed by atoms with van der Waals surface area (Å²) in [6, 6.07) is 19.2. The number of benzene rings is 3. The second-order valence-electron chi connectivity index (χ2n) is 8.07. The molecule has 0 unspecified atom stereocenters. The molecule has 5 nitrogen and oxygen atoms in total. The van der Waals surface area contributed by atoms with E-state index in [1.807, 2.05) is 81.4 Å². The van der Waals surface area contributed by atoms with Gasteiger partial charge in [0.25, 0.3) is 0 Å². The molecule has 5 heteroatoms. The maximum atomic E-state index is 12.7. The zero-order valence-electron chi connectivity index (χ0n) is 18.4. The number of hydrogen-bond acceptors (Lipinski definition) is 4. The first-order valence-electron chi connectivity index (χ1n) is 10.4. The van der Waals surface area contributed by atoms with Crippen molar-refractivity contribution in [2.45, 2.75) is 39.5 Å². The van der Waals surface area contributed by atoms with E-state index < -0.39 is 6.04 Å². The smallest absolute Gasteiger partial charge is 0.247 e. The third-order valence-electron chi connectivity index (χ3n) is 6.03. The summed E-state index contributed by atoms with van der Waals surface area (Å²) in [6.45, 7) is 6.53. The van der Waals surface area contributed by atoms with Crippen LogP contribution in [-0.2, 0) is 11.4 Å². The Hall–Kier alpha value is -3.31. The molecule has 0 bridgehead atoms. The first-order valence-corrected chi connectivity index (χ1v) is 10.4. The molecule has 0 aliphatic carbocycles. The molecule has 1 fully saturated rings. The van der Waals surface area contributed by atoms with Gasteiger partial charge in [-0.25, -0.2) is 0 Å². The molecule has 0 aromatic heterocycles. The fourth-order valence-electron chi connectivity index (χ4n) is 4.01. The normalized spacial score (nSPS) is 18.0. The van der Waals surface area contributed by atoms with Crippen LogP contribution in [0.1, 0.15) is 33.9 Å². The molecule has 2 atom stereocenters. The number of β-lactam (4-membered cyclic amide) rings is 1. The lowest BCUT2D eigenvalue weighted by molar-refractivity contribution is -0.126. The minimum absolute atomic E-state index is 0.0948. The van der Waals surface area contributed by atoms with E-state index in [2.05, 4.69) is 0 Å². The zero-order chi connectivity index (χ0) is 22.1. The molecule has 3 aromatic carbocycles. The lowest BCUT2D eigenvalue weighted by Gasteiger charge is -2.46. The van der Waals surface area contributed by atoms with Gasteiger partial charge in [0, 0.05) is 11.8 Å². The molecule has 1 aliphatic heterocycles. The van der Waals surface area contributed by atoms with Crippen LogP contribution in [0.3, 0.4) is 0 Å². The predicted octanol–water partition coefficient (Wildman–Crippen LogP) is 4.61. The summed E-state index contributed by atoms with van der Waals surface area (Å²) in [6.07, 6.45) is 0. The average molecular weight is 417 g/mol. The summed E-state index contributed by atoms with van der Waals surface area (Å²) in [5.41, 5.74) is 12.3. The molecular formula is C26H28N2O3. The number of amides is 1. The largest absolute Gasteiger partial charge is 0.496 e. The van der Waals surface area contributed by atoms with Gasteiger partial charge < -0.3 is 20.1 Å². The first-order chi connectivity index (χ1) is 14.9. The van der Waals surface area contributed by atoms with Gasteiger partial charge in [-0.15, -0.1) is 0 Å². The topological polar surface area (TPSA) is 64.8 Å². The van der Waals surface area contributed by atoms with Crippen LogP contribution in [0.4, 0.5) is 5.69 Å². The van der Waals surface area contributed by atoms with Crippen molar-refractivity contribution < 1.29 is 14.3 Å². The van der Waals surface area contributed by atoms with E-state index in [9.17, 15) is 4.79 Å². The van der Waals surface area contributed by atoms with Crippen molar-refractivity contribution in [1.29, 1.82) is 0 Å². The number of aryl methyl sites for hydroxylation is 2. The third kappa shape index (κ3) is 3.89. The monoisotopic (exact) mass is 416 g/mol. The van der Waals surface area contributed by atoms with Crippen LogP contribution in [0.25, 0.3) is 0 Å². The van der Waals surface area contributed by atoms with Gasteiger partial charge in [0.15, 0.2) is 0 Å². The van der Waals surface area contributed by atoms with E-state index in [4.69, 9.17) is 15.2 Å². The maximum absolute atomic E-state index is 12.7. The summed E-state index contributed by atoms with van der Waals surface area (Å²) in [7, 11) is 1.64. The van der Waals surface area contributed by atoms with E-state index >= 15 is 0 Å². The van der Waals surface area contributed by atoms with Crippen molar-refractivity contribution in [2.75, 3.05) is 12.0 Å². The molecule has 1 amide bonds. The highest BCUT2D eigenvalue weighted by Crippen LogP contribution is 2.41. The molecule has 0 spiro atoms. The average Bonchev–Trinajstić information content (AvgIpc) is 2.79. The minimum Gasteiger partial charge on any atom is -0.496 e. The molecule has 160 valence electrons. The predicted molar refractivity (Wildman–Crippen MR) is 123 cm³/mol. The van der Waals surface area contributed by atoms with E-state index in [0.29, 0.717) is 6.61 Å². The number of carbonyl (C=O) groups excluding carboxylic acids is 1. The lowest BCUT2D eigenvalue weighted by Crippen LogP contribution is -2.63. The van der Waals surface area contributed by atoms with Crippen molar-refractivity contribution in [3.05, 3.63) is 88.5 Å². The highest BCUT2D eigenvalue weighted by Gasteiger charge is 2.47. The number of carbonyl (C=O) groups is 1. The summed E-state index contributed by atoms with van der Waals surface area (Å²) in [5, 5.41) is 0. The highest BCUT2D eigenvalue weighted by atomic mass is 16.5. The number of hydrogen-bond donors (Lipinski definition) is 1. The van der Waals surface area contributed by atoms with Crippen molar-refractivity contribution in [3.8, 4) is 11.5 Å². The number of methoxy groups -OCH3 is 1. The van der Waals surface area contributed by atoms with Gasteiger partial charge in [-0.2, -0.15) is 0 Å². The van der Waals surface area contributed by atoms with Crippen molar-refractivity contribution in [3.63, 3.8) is 0 Å². The van der Waals surface area contributed by atoms with E-state index in [1.54, 1.807) is 12.0 Å². The second kappa shape index (κ2) is 8.44. The quantitative estimate of drug-likeness (QED) is 0.596. The molecule has 3 aromatic rings. The van der Waals surface area contributed by atoms with E-state index in [0.717, 1.165) is 45.0 Å². The molecule has 0 saturated carbocycles. The molecule has 1 aliphatic rings. The SMILES string of the molecule is COc1cc(N2C(=O)[C@@H](N)[C@@H]2c2ccc(C)c(OCc3ccccc3)c2)cc(C)c1C. The fourth-order valence-corrected chi connectivity index (χ4v) is 4.01. The molecule has 2 N–H and O–H groups in total. The van der Waals surface area contributed by atoms with Gasteiger partial charge >= 0.3 is 0 Å². The summed E-state index contributed by atoms with van der Waals surface area (Å²) in [5.74, 6) is 1.46. The van der Waals surface area contributed by atoms with Gasteiger partial charge in [-0.3, -0.25) is 4.79 Å². The second-order valence-corrected chi connectivity index (χ2v) is 8.07. The van der Waals surface area contributed by atoms with E-state index in [-0.39, 0.29) is 11.9 Å². The van der Waals surface area contributed by atoms with Crippen LogP contribution < -0.4 is 20.1 Å². The van der Waals surface area contributed by atoms with E-state index in [1.165, 1.54) is 0 Å². The van der Waals surface area contributed by atoms with Crippen molar-refractivity contribution >= 4 is 11.6 Å². The Kier molecular flexibility index (Phi) is 5.70. The van der Waals surface area contributed by atoms with Gasteiger partial charge in [-0.05, 0) is 60.7 Å². The Balaban J connectivity index is 1.63. The summed E-state index contributed by atoms with van der Waals surface area (Å²) in [4.78, 5) is 14.5. The van der Waals surface area contributed by atoms with Crippen LogP contribution in [0, 0.1) is 20.8 Å². The van der Waals surface area contributed by atoms with Crippen LogP contribution in [0.5, 0.6) is 11.5 Å². The maximum Gasteiger partial charge on any atom is 0.247 e. The van der Waals surface area contributed by atoms with Crippen LogP contribution in [0.2, 0.25) is 0 Å². The first kappa shape index (κ1) is 20.9. The molecule has 31 heavy (non-hydrogen) atoms. The van der Waals surface area contributed by atoms with Crippen molar-refractivity contribution in [2.24, 2.45) is 5.73 Å². The minimum atomic E-state index is -0.586. The Morgan fingerprint density at radius 3 is 2.39 bits per heavy atom. The van der Waals surface area contributed by atoms with Crippen LogP contribution in [-0.4, -0.2) is 19.1 Å². The third-order valence-corrected chi connectivity index (χ3v) is 6.03. The summed E-state index contributed by atoms with van der Waals surface area (Å²) >= 11 is 0. The summed E-state index contributed by atoms with van der Waals surface area (Å²) < 4.78 is 11.6. The molecule has 1 saturated heterocycles. The number of nitrogens with two attached hydrogens (primary N) is 1. The van der Waals surface area contributed by atoms with Gasteiger partial charge in [0.2, 0.25) is 5.91 Å². The van der Waals surface area contributed by atoms with Gasteiger partial charge in [0.05, 0.1) is 13.2 Å². The zero-order valence-corrected chi connectivity index (χ0v) is 18.4. The Labute approximate surface area is 183 Å². The molecule has 0 radical (unpaired) electrons. The van der Waals surface area contributed by atoms with Crippen LogP contribution >= 0.6 is 0 Å². The Bertz CT molecular complexity index is 1110. The Morgan fingerprint density at radius 2 is 1.68 bits per heavy atom. The lowest BCUT2D eigenvalue weighted by atomic mass is 9.87. The van der Waals surface area contributed by atoms with Crippen LogP contribution in [0.15, 0.2) is 60.7 Å². The number of anilines is 1. The number of nitrogens with zero attached hydrogens (tertiary/aromatic N) is 1. The van der Waals surface area contributed by atoms with Crippen molar-refractivity contribution in [1.82, 2.24) is 0 Å². The fraction of sp³-hybridized carbons (Fsp3) is 0.269. The molecular weight excluding hydrogens is 388 g/mol. The molecule has 1 heterocycles. The number of rotatable bonds is 6. The van der Waals surface area contributed by atoms with Gasteiger partial charge in [0.1, 0.15) is 24.1 Å². The Morgan fingerprint density at radius 1 is 0.935 bits per heavy atom. The number of ether oxygens (including phenoxy) is 2. The molecule has 4 rings (SSSR count). The standard InChI is InChI=1S/C26H28N2O3/c1-16-10-11-20(13-22(16)31-15-19-8-6-5-7-9-19)25-24(27)26(29)28(25)21-12-17(2)18(3)23(14-21)30-4/h5-14,24-25H,15,27H2,1-4H3/t24-,25-/m0/s1. The van der Waals surface area contributed by atoms with Gasteiger partial charge in [-0.1, -0.05) is 42.5 Å².